The molecule has 2 N–H and O–H groups in total. The molecule has 0 spiro atoms. The molecule has 0 saturated heterocycles. The highest BCUT2D eigenvalue weighted by Crippen LogP contribution is 2.39. The minimum absolute atomic E-state index is 0.0962. The van der Waals surface area contributed by atoms with E-state index in [9.17, 15) is 0 Å². The Hall–Kier alpha value is -1.04. The predicted molar refractivity (Wildman–Crippen MR) is 81.7 cm³/mol. The molecule has 0 fully saturated rings. The quantitative estimate of drug-likeness (QED) is 0.914. The lowest BCUT2D eigenvalue weighted by atomic mass is 10.1. The van der Waals surface area contributed by atoms with Gasteiger partial charge in [0.25, 0.3) is 0 Å². The van der Waals surface area contributed by atoms with E-state index in [4.69, 9.17) is 10.5 Å². The van der Waals surface area contributed by atoms with Crippen LogP contribution in [0, 0.1) is 0 Å². The van der Waals surface area contributed by atoms with Crippen molar-refractivity contribution in [1.29, 1.82) is 0 Å². The number of hydrogen-bond donors (Lipinski definition) is 1. The van der Waals surface area contributed by atoms with Crippen LogP contribution in [0.4, 0.5) is 0 Å². The minimum Gasteiger partial charge on any atom is -0.496 e. The highest BCUT2D eigenvalue weighted by atomic mass is 79.9. The van der Waals surface area contributed by atoms with Crippen LogP contribution in [-0.4, -0.2) is 12.1 Å². The Morgan fingerprint density at radius 2 is 2.11 bits per heavy atom. The zero-order valence-corrected chi connectivity index (χ0v) is 13.2. The second-order valence-electron chi connectivity index (χ2n) is 4.05. The van der Waals surface area contributed by atoms with Gasteiger partial charge in [-0.25, -0.2) is 4.98 Å². The summed E-state index contributed by atoms with van der Waals surface area (Å²) in [5.41, 5.74) is 7.06. The van der Waals surface area contributed by atoms with Gasteiger partial charge in [0.05, 0.1) is 11.6 Å². The fraction of sp³-hybridized carbons (Fsp3) is 0.214. The normalized spacial score (nSPS) is 12.2. The summed E-state index contributed by atoms with van der Waals surface area (Å²) in [5.74, 6) is 0.812. The molecule has 1 aromatic carbocycles. The third-order valence-electron chi connectivity index (χ3n) is 2.63. The number of nitrogens with zero attached hydrogens (tertiary/aromatic N) is 1. The maximum atomic E-state index is 6.06. The molecular weight excluding hydrogens is 324 g/mol. The van der Waals surface area contributed by atoms with Crippen LogP contribution in [0.25, 0.3) is 0 Å². The molecule has 0 saturated carbocycles. The average molecular weight is 339 g/mol. The van der Waals surface area contributed by atoms with Crippen molar-refractivity contribution in [3.8, 4) is 5.75 Å². The number of ether oxygens (including phenoxy) is 1. The van der Waals surface area contributed by atoms with Gasteiger partial charge in [0, 0.05) is 22.7 Å². The van der Waals surface area contributed by atoms with Gasteiger partial charge in [0.2, 0.25) is 0 Å². The smallest absolute Gasteiger partial charge is 0.124 e. The molecule has 0 aliphatic rings. The summed E-state index contributed by atoms with van der Waals surface area (Å²) in [7, 11) is 1.66. The van der Waals surface area contributed by atoms with Crippen LogP contribution in [0.2, 0.25) is 0 Å². The lowest BCUT2D eigenvalue weighted by Crippen LogP contribution is -2.08. The Kier molecular flexibility index (Phi) is 4.85. The monoisotopic (exact) mass is 338 g/mol. The van der Waals surface area contributed by atoms with Crippen molar-refractivity contribution in [2.75, 3.05) is 7.11 Å². The standard InChI is InChI=1S/C14H15BrN2OS/c1-9(16)13-11(18-2)6-3-7-12(13)19-14-10(15)5-4-8-17-14/h3-9H,16H2,1-2H3/t9-/m0/s1. The molecule has 0 unspecified atom stereocenters. The van der Waals surface area contributed by atoms with E-state index < -0.39 is 0 Å². The first kappa shape index (κ1) is 14.4. The van der Waals surface area contributed by atoms with Crippen molar-refractivity contribution in [2.45, 2.75) is 22.9 Å². The molecule has 19 heavy (non-hydrogen) atoms. The van der Waals surface area contributed by atoms with Gasteiger partial charge >= 0.3 is 0 Å². The molecule has 0 radical (unpaired) electrons. The molecule has 1 aromatic heterocycles. The van der Waals surface area contributed by atoms with E-state index in [-0.39, 0.29) is 6.04 Å². The molecule has 0 aliphatic carbocycles. The largest absolute Gasteiger partial charge is 0.496 e. The van der Waals surface area contributed by atoms with Crippen molar-refractivity contribution in [1.82, 2.24) is 4.98 Å². The molecule has 2 aromatic rings. The molecule has 3 nitrogen and oxygen atoms in total. The van der Waals surface area contributed by atoms with E-state index in [2.05, 4.69) is 20.9 Å². The Bertz CT molecular complexity index is 575. The van der Waals surface area contributed by atoms with Crippen molar-refractivity contribution in [2.24, 2.45) is 5.73 Å². The Morgan fingerprint density at radius 3 is 2.74 bits per heavy atom. The summed E-state index contributed by atoms with van der Waals surface area (Å²) in [5, 5.41) is 0.914. The molecule has 0 amide bonds. The van der Waals surface area contributed by atoms with Crippen molar-refractivity contribution in [3.05, 3.63) is 46.6 Å². The van der Waals surface area contributed by atoms with Gasteiger partial charge in [-0.15, -0.1) is 0 Å². The summed E-state index contributed by atoms with van der Waals surface area (Å²) < 4.78 is 6.36. The Labute approximate surface area is 125 Å². The van der Waals surface area contributed by atoms with Gasteiger partial charge in [-0.3, -0.25) is 0 Å². The van der Waals surface area contributed by atoms with Gasteiger partial charge in [0.1, 0.15) is 10.8 Å². The number of benzene rings is 1. The van der Waals surface area contributed by atoms with E-state index in [0.717, 1.165) is 25.7 Å². The predicted octanol–water partition coefficient (Wildman–Crippen LogP) is 4.02. The van der Waals surface area contributed by atoms with Gasteiger partial charge in [-0.05, 0) is 47.1 Å². The van der Waals surface area contributed by atoms with Crippen molar-refractivity contribution < 1.29 is 4.74 Å². The molecule has 1 atom stereocenters. The maximum absolute atomic E-state index is 6.06. The summed E-state index contributed by atoms with van der Waals surface area (Å²) >= 11 is 5.09. The average Bonchev–Trinajstić information content (AvgIpc) is 2.40. The topological polar surface area (TPSA) is 48.1 Å². The third kappa shape index (κ3) is 3.29. The minimum atomic E-state index is -0.0962. The number of halogens is 1. The lowest BCUT2D eigenvalue weighted by molar-refractivity contribution is 0.405. The zero-order valence-electron chi connectivity index (χ0n) is 10.8. The number of aromatic nitrogens is 1. The van der Waals surface area contributed by atoms with Gasteiger partial charge < -0.3 is 10.5 Å². The van der Waals surface area contributed by atoms with Crippen molar-refractivity contribution in [3.63, 3.8) is 0 Å². The molecule has 2 rings (SSSR count). The second kappa shape index (κ2) is 6.41. The summed E-state index contributed by atoms with van der Waals surface area (Å²) in [6.45, 7) is 1.95. The fourth-order valence-corrected chi connectivity index (χ4v) is 3.32. The molecule has 100 valence electrons. The highest BCUT2D eigenvalue weighted by Gasteiger charge is 2.15. The molecular formula is C14H15BrN2OS. The van der Waals surface area contributed by atoms with Crippen LogP contribution < -0.4 is 10.5 Å². The van der Waals surface area contributed by atoms with Crippen LogP contribution in [0.15, 0.2) is 50.9 Å². The van der Waals surface area contributed by atoms with Crippen LogP contribution in [0.5, 0.6) is 5.75 Å². The molecule has 1 heterocycles. The molecule has 0 aliphatic heterocycles. The maximum Gasteiger partial charge on any atom is 0.124 e. The number of nitrogens with two attached hydrogens (primary N) is 1. The van der Waals surface area contributed by atoms with Crippen LogP contribution in [0.3, 0.4) is 0 Å². The number of methoxy groups -OCH3 is 1. The third-order valence-corrected chi connectivity index (χ3v) is 4.63. The number of pyridine rings is 1. The number of rotatable bonds is 4. The Morgan fingerprint density at radius 1 is 1.32 bits per heavy atom. The number of hydrogen-bond acceptors (Lipinski definition) is 4. The van der Waals surface area contributed by atoms with Crippen molar-refractivity contribution >= 4 is 27.7 Å². The van der Waals surface area contributed by atoms with Gasteiger partial charge in [-0.1, -0.05) is 17.8 Å². The summed E-state index contributed by atoms with van der Waals surface area (Å²) in [4.78, 5) is 5.43. The summed E-state index contributed by atoms with van der Waals surface area (Å²) in [6, 6.07) is 9.70. The lowest BCUT2D eigenvalue weighted by Gasteiger charge is -2.16. The van der Waals surface area contributed by atoms with E-state index in [1.165, 1.54) is 0 Å². The van der Waals surface area contributed by atoms with E-state index in [1.807, 2.05) is 37.3 Å². The first-order valence-corrected chi connectivity index (χ1v) is 7.45. The fourth-order valence-electron chi connectivity index (χ4n) is 1.79. The van der Waals surface area contributed by atoms with E-state index in [1.54, 1.807) is 25.1 Å². The molecule has 0 bridgehead atoms. The zero-order chi connectivity index (χ0) is 13.8. The molecule has 5 heteroatoms. The first-order valence-electron chi connectivity index (χ1n) is 5.84. The summed E-state index contributed by atoms with van der Waals surface area (Å²) in [6.07, 6.45) is 1.78. The first-order chi connectivity index (χ1) is 9.13. The van der Waals surface area contributed by atoms with Crippen LogP contribution in [0.1, 0.15) is 18.5 Å². The van der Waals surface area contributed by atoms with Crippen LogP contribution in [-0.2, 0) is 0 Å². The second-order valence-corrected chi connectivity index (χ2v) is 5.94. The van der Waals surface area contributed by atoms with E-state index in [0.29, 0.717) is 0 Å². The highest BCUT2D eigenvalue weighted by molar-refractivity contribution is 9.10. The van der Waals surface area contributed by atoms with Crippen LogP contribution >= 0.6 is 27.7 Å². The van der Waals surface area contributed by atoms with Gasteiger partial charge in [0.15, 0.2) is 0 Å². The SMILES string of the molecule is COc1cccc(Sc2ncccc2Br)c1[C@H](C)N. The van der Waals surface area contributed by atoms with E-state index >= 15 is 0 Å². The Balaban J connectivity index is 2.43. The van der Waals surface area contributed by atoms with Gasteiger partial charge in [-0.2, -0.15) is 0 Å².